The highest BCUT2D eigenvalue weighted by atomic mass is 35.5. The summed E-state index contributed by atoms with van der Waals surface area (Å²) >= 11 is 5.80. The van der Waals surface area contributed by atoms with Gasteiger partial charge in [-0.25, -0.2) is 0 Å². The molecule has 1 heterocycles. The Kier molecular flexibility index (Phi) is 8.39. The summed E-state index contributed by atoms with van der Waals surface area (Å²) in [6.07, 6.45) is 2.35. The zero-order valence-electron chi connectivity index (χ0n) is 15.8. The first-order chi connectivity index (χ1) is 12.4. The minimum Gasteiger partial charge on any atom is -0.355 e. The van der Waals surface area contributed by atoms with Crippen molar-refractivity contribution in [1.29, 1.82) is 0 Å². The zero-order valence-corrected chi connectivity index (χ0v) is 16.5. The predicted molar refractivity (Wildman–Crippen MR) is 105 cm³/mol. The third kappa shape index (κ3) is 7.34. The Morgan fingerprint density at radius 3 is 2.38 bits per heavy atom. The lowest BCUT2D eigenvalue weighted by Gasteiger charge is -2.34. The number of benzene rings is 1. The van der Waals surface area contributed by atoms with Crippen LogP contribution >= 0.6 is 11.6 Å². The Hall–Kier alpha value is -1.59. The lowest BCUT2D eigenvalue weighted by molar-refractivity contribution is -0.121. The molecule has 2 atom stereocenters. The van der Waals surface area contributed by atoms with E-state index >= 15 is 0 Å². The number of piperidine rings is 1. The van der Waals surface area contributed by atoms with E-state index < -0.39 is 0 Å². The van der Waals surface area contributed by atoms with E-state index in [1.165, 1.54) is 6.42 Å². The quantitative estimate of drug-likeness (QED) is 0.682. The number of rotatable bonds is 8. The molecule has 0 spiro atoms. The van der Waals surface area contributed by atoms with E-state index in [9.17, 15) is 9.59 Å². The van der Waals surface area contributed by atoms with E-state index in [0.717, 1.165) is 31.5 Å². The second-order valence-electron chi connectivity index (χ2n) is 7.42. The number of nitrogens with zero attached hydrogens (tertiary/aromatic N) is 1. The van der Waals surface area contributed by atoms with Crippen molar-refractivity contribution < 1.29 is 9.59 Å². The standard InChI is InChI=1S/C20H30ClN3O2/c1-15-12-16(2)14-24(13-15)11-10-22-19(25)4-3-9-23-20(26)17-5-7-18(21)8-6-17/h5-8,15-16H,3-4,9-14H2,1-2H3,(H,22,25)(H,23,26)/t15-,16+. The molecule has 0 bridgehead atoms. The third-order valence-electron chi connectivity index (χ3n) is 4.67. The lowest BCUT2D eigenvalue weighted by atomic mass is 9.92. The van der Waals surface area contributed by atoms with Crippen molar-refractivity contribution in [3.05, 3.63) is 34.9 Å². The van der Waals surface area contributed by atoms with Gasteiger partial charge in [0.2, 0.25) is 5.91 Å². The minimum absolute atomic E-state index is 0.0452. The van der Waals surface area contributed by atoms with E-state index in [-0.39, 0.29) is 11.8 Å². The highest BCUT2D eigenvalue weighted by molar-refractivity contribution is 6.30. The van der Waals surface area contributed by atoms with Crippen LogP contribution in [0.2, 0.25) is 5.02 Å². The summed E-state index contributed by atoms with van der Waals surface area (Å²) in [6.45, 7) is 8.91. The van der Waals surface area contributed by atoms with Gasteiger partial charge in [-0.3, -0.25) is 9.59 Å². The van der Waals surface area contributed by atoms with Crippen LogP contribution in [0.4, 0.5) is 0 Å². The molecular formula is C20H30ClN3O2. The van der Waals surface area contributed by atoms with Gasteiger partial charge >= 0.3 is 0 Å². The van der Waals surface area contributed by atoms with Crippen molar-refractivity contribution in [2.24, 2.45) is 11.8 Å². The van der Waals surface area contributed by atoms with Crippen LogP contribution in [-0.4, -0.2) is 49.4 Å². The fourth-order valence-corrected chi connectivity index (χ4v) is 3.70. The first kappa shape index (κ1) is 20.7. The van der Waals surface area contributed by atoms with Crippen LogP contribution in [0.25, 0.3) is 0 Å². The van der Waals surface area contributed by atoms with E-state index in [2.05, 4.69) is 29.4 Å². The molecule has 0 saturated carbocycles. The molecule has 0 unspecified atom stereocenters. The van der Waals surface area contributed by atoms with Gasteiger partial charge in [0.25, 0.3) is 5.91 Å². The lowest BCUT2D eigenvalue weighted by Crippen LogP contribution is -2.42. The van der Waals surface area contributed by atoms with Gasteiger partial charge in [-0.15, -0.1) is 0 Å². The molecule has 26 heavy (non-hydrogen) atoms. The van der Waals surface area contributed by atoms with Crippen LogP contribution in [0.1, 0.15) is 43.5 Å². The van der Waals surface area contributed by atoms with Gasteiger partial charge in [0.15, 0.2) is 0 Å². The molecule has 0 aliphatic carbocycles. The number of halogens is 1. The van der Waals surface area contributed by atoms with E-state index in [0.29, 0.717) is 36.5 Å². The summed E-state index contributed by atoms with van der Waals surface area (Å²) in [7, 11) is 0. The second-order valence-corrected chi connectivity index (χ2v) is 7.86. The highest BCUT2D eigenvalue weighted by Gasteiger charge is 2.21. The number of amides is 2. The smallest absolute Gasteiger partial charge is 0.251 e. The van der Waals surface area contributed by atoms with Crippen molar-refractivity contribution in [3.8, 4) is 0 Å². The van der Waals surface area contributed by atoms with E-state index in [1.54, 1.807) is 24.3 Å². The maximum absolute atomic E-state index is 11.9. The fourth-order valence-electron chi connectivity index (χ4n) is 3.57. The molecule has 2 rings (SSSR count). The summed E-state index contributed by atoms with van der Waals surface area (Å²) in [6, 6.07) is 6.75. The third-order valence-corrected chi connectivity index (χ3v) is 4.92. The number of likely N-dealkylation sites (tertiary alicyclic amines) is 1. The molecule has 144 valence electrons. The number of hydrogen-bond donors (Lipinski definition) is 2. The van der Waals surface area contributed by atoms with Gasteiger partial charge < -0.3 is 15.5 Å². The Labute approximate surface area is 161 Å². The molecule has 1 aromatic rings. The van der Waals surface area contributed by atoms with Crippen molar-refractivity contribution in [3.63, 3.8) is 0 Å². The van der Waals surface area contributed by atoms with Gasteiger partial charge in [-0.1, -0.05) is 25.4 Å². The normalized spacial score (nSPS) is 20.6. The number of hydrogen-bond acceptors (Lipinski definition) is 3. The van der Waals surface area contributed by atoms with Gasteiger partial charge in [0.1, 0.15) is 0 Å². The topological polar surface area (TPSA) is 61.4 Å². The summed E-state index contributed by atoms with van der Waals surface area (Å²) in [5.41, 5.74) is 0.573. The van der Waals surface area contributed by atoms with Crippen molar-refractivity contribution >= 4 is 23.4 Å². The summed E-state index contributed by atoms with van der Waals surface area (Å²) in [5, 5.41) is 6.40. The largest absolute Gasteiger partial charge is 0.355 e. The van der Waals surface area contributed by atoms with E-state index in [1.807, 2.05) is 0 Å². The Bertz CT molecular complexity index is 581. The predicted octanol–water partition coefficient (Wildman–Crippen LogP) is 2.94. The molecule has 1 aromatic carbocycles. The van der Waals surface area contributed by atoms with Gasteiger partial charge in [-0.2, -0.15) is 0 Å². The van der Waals surface area contributed by atoms with Crippen molar-refractivity contribution in [2.45, 2.75) is 33.1 Å². The van der Waals surface area contributed by atoms with Gasteiger partial charge in [-0.05, 0) is 48.9 Å². The Balaban J connectivity index is 1.55. The Morgan fingerprint density at radius 2 is 1.73 bits per heavy atom. The van der Waals surface area contributed by atoms with Crippen LogP contribution in [0.15, 0.2) is 24.3 Å². The number of carbonyl (C=O) groups is 2. The Morgan fingerprint density at radius 1 is 1.08 bits per heavy atom. The van der Waals surface area contributed by atoms with Gasteiger partial charge in [0, 0.05) is 49.7 Å². The number of carbonyl (C=O) groups excluding carboxylic acids is 2. The van der Waals surface area contributed by atoms with Crippen LogP contribution in [0.3, 0.4) is 0 Å². The first-order valence-corrected chi connectivity index (χ1v) is 9.84. The molecule has 5 nitrogen and oxygen atoms in total. The molecular weight excluding hydrogens is 350 g/mol. The van der Waals surface area contributed by atoms with Crippen LogP contribution in [-0.2, 0) is 4.79 Å². The summed E-state index contributed by atoms with van der Waals surface area (Å²) in [4.78, 5) is 26.3. The van der Waals surface area contributed by atoms with Crippen molar-refractivity contribution in [1.82, 2.24) is 15.5 Å². The molecule has 0 aromatic heterocycles. The monoisotopic (exact) mass is 379 g/mol. The van der Waals surface area contributed by atoms with Crippen molar-refractivity contribution in [2.75, 3.05) is 32.7 Å². The molecule has 1 saturated heterocycles. The molecule has 1 fully saturated rings. The molecule has 0 radical (unpaired) electrons. The molecule has 1 aliphatic rings. The van der Waals surface area contributed by atoms with Crippen LogP contribution in [0.5, 0.6) is 0 Å². The second kappa shape index (κ2) is 10.5. The molecule has 6 heteroatoms. The molecule has 2 N–H and O–H groups in total. The fraction of sp³-hybridized carbons (Fsp3) is 0.600. The SMILES string of the molecule is C[C@@H]1C[C@H](C)CN(CCNC(=O)CCCNC(=O)c2ccc(Cl)cc2)C1. The highest BCUT2D eigenvalue weighted by Crippen LogP contribution is 2.20. The first-order valence-electron chi connectivity index (χ1n) is 9.47. The zero-order chi connectivity index (χ0) is 18.9. The van der Waals surface area contributed by atoms with Crippen LogP contribution < -0.4 is 10.6 Å². The van der Waals surface area contributed by atoms with E-state index in [4.69, 9.17) is 11.6 Å². The molecule has 1 aliphatic heterocycles. The summed E-state index contributed by atoms with van der Waals surface area (Å²) in [5.74, 6) is 1.37. The summed E-state index contributed by atoms with van der Waals surface area (Å²) < 4.78 is 0. The average Bonchev–Trinajstić information content (AvgIpc) is 2.58. The maximum atomic E-state index is 11.9. The molecule has 2 amide bonds. The van der Waals surface area contributed by atoms with Crippen LogP contribution in [0, 0.1) is 11.8 Å². The minimum atomic E-state index is -0.143. The number of nitrogens with one attached hydrogen (secondary N) is 2. The average molecular weight is 380 g/mol. The van der Waals surface area contributed by atoms with Gasteiger partial charge in [0.05, 0.1) is 0 Å². The maximum Gasteiger partial charge on any atom is 0.251 e.